The summed E-state index contributed by atoms with van der Waals surface area (Å²) in [6.07, 6.45) is 3.53. The second-order valence-electron chi connectivity index (χ2n) is 4.17. The highest BCUT2D eigenvalue weighted by Gasteiger charge is 2.03. The fourth-order valence-electron chi connectivity index (χ4n) is 1.68. The van der Waals surface area contributed by atoms with E-state index < -0.39 is 0 Å². The molecule has 0 aliphatic carbocycles. The number of anilines is 1. The Morgan fingerprint density at radius 1 is 1.44 bits per heavy atom. The minimum absolute atomic E-state index is 0.0567. The SMILES string of the molecule is Cc1ccc(NCc2cnn(CCO)c2)c(F)c1. The lowest BCUT2D eigenvalue weighted by Crippen LogP contribution is -2.03. The van der Waals surface area contributed by atoms with Crippen LogP contribution in [0.5, 0.6) is 0 Å². The molecule has 0 atom stereocenters. The van der Waals surface area contributed by atoms with Crippen LogP contribution in [0.25, 0.3) is 0 Å². The van der Waals surface area contributed by atoms with Crippen molar-refractivity contribution in [3.8, 4) is 0 Å². The highest BCUT2D eigenvalue weighted by atomic mass is 19.1. The van der Waals surface area contributed by atoms with E-state index in [1.165, 1.54) is 6.07 Å². The minimum atomic E-state index is -0.252. The molecule has 0 fully saturated rings. The number of hydrogen-bond acceptors (Lipinski definition) is 3. The molecule has 2 N–H and O–H groups in total. The quantitative estimate of drug-likeness (QED) is 0.851. The molecule has 0 radical (unpaired) electrons. The molecule has 0 unspecified atom stereocenters. The Kier molecular flexibility index (Phi) is 3.94. The molecule has 1 heterocycles. The van der Waals surface area contributed by atoms with Crippen molar-refractivity contribution in [3.05, 3.63) is 47.5 Å². The van der Waals surface area contributed by atoms with Crippen molar-refractivity contribution in [2.24, 2.45) is 0 Å². The molecule has 2 aromatic rings. The van der Waals surface area contributed by atoms with Crippen LogP contribution in [-0.2, 0) is 13.1 Å². The van der Waals surface area contributed by atoms with E-state index in [0.29, 0.717) is 18.8 Å². The van der Waals surface area contributed by atoms with Gasteiger partial charge in [-0.05, 0) is 24.6 Å². The van der Waals surface area contributed by atoms with Gasteiger partial charge in [-0.3, -0.25) is 4.68 Å². The van der Waals surface area contributed by atoms with Crippen LogP contribution in [0.1, 0.15) is 11.1 Å². The lowest BCUT2D eigenvalue weighted by atomic mass is 10.2. The van der Waals surface area contributed by atoms with Crippen molar-refractivity contribution in [1.29, 1.82) is 0 Å². The third-order valence-corrected chi connectivity index (χ3v) is 2.62. The zero-order valence-electron chi connectivity index (χ0n) is 10.2. The summed E-state index contributed by atoms with van der Waals surface area (Å²) in [6, 6.07) is 5.08. The summed E-state index contributed by atoms with van der Waals surface area (Å²) in [5.74, 6) is -0.252. The molecular formula is C13H16FN3O. The molecule has 18 heavy (non-hydrogen) atoms. The van der Waals surface area contributed by atoms with Gasteiger partial charge in [0, 0.05) is 18.3 Å². The minimum Gasteiger partial charge on any atom is -0.394 e. The summed E-state index contributed by atoms with van der Waals surface area (Å²) in [4.78, 5) is 0. The molecule has 0 aliphatic rings. The second kappa shape index (κ2) is 5.64. The molecule has 0 spiro atoms. The van der Waals surface area contributed by atoms with Crippen LogP contribution in [0.4, 0.5) is 10.1 Å². The number of aromatic nitrogens is 2. The van der Waals surface area contributed by atoms with Crippen molar-refractivity contribution < 1.29 is 9.50 Å². The average Bonchev–Trinajstić information content (AvgIpc) is 2.76. The number of halogens is 1. The zero-order chi connectivity index (χ0) is 13.0. The van der Waals surface area contributed by atoms with Gasteiger partial charge in [0.25, 0.3) is 0 Å². The van der Waals surface area contributed by atoms with Gasteiger partial charge in [0.15, 0.2) is 0 Å². The first kappa shape index (κ1) is 12.6. The Bertz CT molecular complexity index is 525. The topological polar surface area (TPSA) is 50.1 Å². The summed E-state index contributed by atoms with van der Waals surface area (Å²) in [5, 5.41) is 15.9. The predicted molar refractivity (Wildman–Crippen MR) is 67.8 cm³/mol. The highest BCUT2D eigenvalue weighted by Crippen LogP contribution is 2.16. The molecule has 0 saturated heterocycles. The molecule has 1 aromatic heterocycles. The Balaban J connectivity index is 1.97. The number of aryl methyl sites for hydroxylation is 1. The van der Waals surface area contributed by atoms with E-state index in [1.54, 1.807) is 16.9 Å². The summed E-state index contributed by atoms with van der Waals surface area (Å²) in [6.45, 7) is 2.89. The fraction of sp³-hybridized carbons (Fsp3) is 0.308. The maximum Gasteiger partial charge on any atom is 0.146 e. The first-order valence-corrected chi connectivity index (χ1v) is 5.81. The van der Waals surface area contributed by atoms with Gasteiger partial charge in [-0.1, -0.05) is 6.07 Å². The number of hydrogen-bond donors (Lipinski definition) is 2. The number of aliphatic hydroxyl groups is 1. The molecule has 1 aromatic carbocycles. The predicted octanol–water partition coefficient (Wildman–Crippen LogP) is 1.94. The largest absolute Gasteiger partial charge is 0.394 e. The van der Waals surface area contributed by atoms with Crippen LogP contribution >= 0.6 is 0 Å². The maximum atomic E-state index is 13.6. The van der Waals surface area contributed by atoms with Gasteiger partial charge in [0.2, 0.25) is 0 Å². The summed E-state index contributed by atoms with van der Waals surface area (Å²) < 4.78 is 15.2. The zero-order valence-corrected chi connectivity index (χ0v) is 10.2. The van der Waals surface area contributed by atoms with Crippen molar-refractivity contribution in [1.82, 2.24) is 9.78 Å². The summed E-state index contributed by atoms with van der Waals surface area (Å²) in [5.41, 5.74) is 2.33. The van der Waals surface area contributed by atoms with Gasteiger partial charge in [-0.25, -0.2) is 4.39 Å². The van der Waals surface area contributed by atoms with Crippen molar-refractivity contribution >= 4 is 5.69 Å². The van der Waals surface area contributed by atoms with Gasteiger partial charge in [0.05, 0.1) is 25.0 Å². The molecule has 0 amide bonds. The van der Waals surface area contributed by atoms with E-state index in [4.69, 9.17) is 5.11 Å². The number of aliphatic hydroxyl groups excluding tert-OH is 1. The molecular weight excluding hydrogens is 233 g/mol. The van der Waals surface area contributed by atoms with Gasteiger partial charge >= 0.3 is 0 Å². The van der Waals surface area contributed by atoms with Crippen molar-refractivity contribution in [2.75, 3.05) is 11.9 Å². The second-order valence-corrected chi connectivity index (χ2v) is 4.17. The van der Waals surface area contributed by atoms with Crippen molar-refractivity contribution in [2.45, 2.75) is 20.0 Å². The smallest absolute Gasteiger partial charge is 0.146 e. The van der Waals surface area contributed by atoms with Crippen molar-refractivity contribution in [3.63, 3.8) is 0 Å². The monoisotopic (exact) mass is 249 g/mol. The Labute approximate surface area is 105 Å². The normalized spacial score (nSPS) is 10.6. The molecule has 96 valence electrons. The van der Waals surface area contributed by atoms with Gasteiger partial charge in [-0.2, -0.15) is 5.10 Å². The molecule has 2 rings (SSSR count). The molecule has 4 nitrogen and oxygen atoms in total. The number of rotatable bonds is 5. The van der Waals surface area contributed by atoms with E-state index >= 15 is 0 Å². The Morgan fingerprint density at radius 3 is 3.00 bits per heavy atom. The lowest BCUT2D eigenvalue weighted by molar-refractivity contribution is 0.269. The van der Waals surface area contributed by atoms with Crippen LogP contribution in [-0.4, -0.2) is 21.5 Å². The highest BCUT2D eigenvalue weighted by molar-refractivity contribution is 5.46. The maximum absolute atomic E-state index is 13.6. The third kappa shape index (κ3) is 3.07. The molecule has 0 aliphatic heterocycles. The van der Waals surface area contributed by atoms with Gasteiger partial charge < -0.3 is 10.4 Å². The first-order valence-electron chi connectivity index (χ1n) is 5.81. The Morgan fingerprint density at radius 2 is 2.28 bits per heavy atom. The van der Waals surface area contributed by atoms with E-state index in [1.807, 2.05) is 19.2 Å². The lowest BCUT2D eigenvalue weighted by Gasteiger charge is -2.06. The average molecular weight is 249 g/mol. The van der Waals surface area contributed by atoms with E-state index in [9.17, 15) is 4.39 Å². The Hall–Kier alpha value is -1.88. The summed E-state index contributed by atoms with van der Waals surface area (Å²) >= 11 is 0. The van der Waals surface area contributed by atoms with Crippen LogP contribution in [0.3, 0.4) is 0 Å². The van der Waals surface area contributed by atoms with Crippen LogP contribution < -0.4 is 5.32 Å². The van der Waals surface area contributed by atoms with Crippen LogP contribution in [0, 0.1) is 12.7 Å². The summed E-state index contributed by atoms with van der Waals surface area (Å²) in [7, 11) is 0. The first-order chi connectivity index (χ1) is 8.69. The van der Waals surface area contributed by atoms with Gasteiger partial charge in [0.1, 0.15) is 5.82 Å². The van der Waals surface area contributed by atoms with E-state index in [0.717, 1.165) is 11.1 Å². The molecule has 0 bridgehead atoms. The van der Waals surface area contributed by atoms with Crippen LogP contribution in [0.2, 0.25) is 0 Å². The molecule has 0 saturated carbocycles. The number of nitrogens with one attached hydrogen (secondary N) is 1. The van der Waals surface area contributed by atoms with E-state index in [-0.39, 0.29) is 12.4 Å². The number of benzene rings is 1. The molecule has 5 heteroatoms. The number of nitrogens with zero attached hydrogens (tertiary/aromatic N) is 2. The standard InChI is InChI=1S/C13H16FN3O/c1-10-2-3-13(12(14)6-10)15-7-11-8-16-17(9-11)4-5-18/h2-3,6,8-9,15,18H,4-5,7H2,1H3. The fourth-order valence-corrected chi connectivity index (χ4v) is 1.68. The van der Waals surface area contributed by atoms with Crippen LogP contribution in [0.15, 0.2) is 30.6 Å². The van der Waals surface area contributed by atoms with Gasteiger partial charge in [-0.15, -0.1) is 0 Å². The third-order valence-electron chi connectivity index (χ3n) is 2.62. The van der Waals surface area contributed by atoms with E-state index in [2.05, 4.69) is 10.4 Å².